The Bertz CT molecular complexity index is 1020. The van der Waals surface area contributed by atoms with Gasteiger partial charge in [0, 0.05) is 18.7 Å². The number of halogens is 3. The molecule has 0 radical (unpaired) electrons. The van der Waals surface area contributed by atoms with Gasteiger partial charge in [-0.05, 0) is 55.1 Å². The van der Waals surface area contributed by atoms with Crippen molar-refractivity contribution in [2.75, 3.05) is 26.2 Å². The smallest absolute Gasteiger partial charge is 0.295 e. The second-order valence-corrected chi connectivity index (χ2v) is 8.01. The first kappa shape index (κ1) is 23.3. The van der Waals surface area contributed by atoms with Crippen LogP contribution in [0.15, 0.2) is 48.0 Å². The molecule has 0 bridgehead atoms. The van der Waals surface area contributed by atoms with Crippen LogP contribution < -0.4 is 0 Å². The van der Waals surface area contributed by atoms with Crippen LogP contribution in [0.2, 0.25) is 10.0 Å². The number of aliphatic hydroxyl groups excluding tert-OH is 1. The molecule has 1 heterocycles. The fourth-order valence-electron chi connectivity index (χ4n) is 3.69. The summed E-state index contributed by atoms with van der Waals surface area (Å²) in [5, 5.41) is 11.5. The Labute approximate surface area is 190 Å². The number of benzene rings is 2. The number of likely N-dealkylation sites (N-methyl/N-ethyl adjacent to an activating group) is 1. The molecule has 1 N–H and O–H groups in total. The maximum Gasteiger partial charge on any atom is 0.295 e. The maximum atomic E-state index is 13.3. The van der Waals surface area contributed by atoms with E-state index in [1.165, 1.54) is 29.2 Å². The average molecular weight is 465 g/mol. The lowest BCUT2D eigenvalue weighted by molar-refractivity contribution is -0.140. The van der Waals surface area contributed by atoms with Gasteiger partial charge in [0.05, 0.1) is 21.7 Å². The van der Waals surface area contributed by atoms with E-state index in [2.05, 4.69) is 4.90 Å². The number of carbonyl (C=O) groups excluding carboxylic acids is 2. The highest BCUT2D eigenvalue weighted by atomic mass is 35.5. The molecule has 2 aromatic carbocycles. The minimum absolute atomic E-state index is 0.0606. The number of likely N-dealkylation sites (tertiary alicyclic amines) is 1. The second-order valence-electron chi connectivity index (χ2n) is 7.20. The first-order valence-electron chi connectivity index (χ1n) is 10.00. The molecule has 8 heteroatoms. The highest BCUT2D eigenvalue weighted by Crippen LogP contribution is 2.40. The summed E-state index contributed by atoms with van der Waals surface area (Å²) in [5.41, 5.74) is 0.736. The van der Waals surface area contributed by atoms with E-state index in [4.69, 9.17) is 23.2 Å². The fourth-order valence-corrected chi connectivity index (χ4v) is 4.00. The number of Topliss-reactive ketones (excluding diaryl/α,β-unsaturated/α-hetero) is 1. The number of ketones is 1. The molecule has 0 aliphatic carbocycles. The minimum atomic E-state index is -0.838. The highest BCUT2D eigenvalue weighted by Gasteiger charge is 2.46. The molecule has 1 aliphatic heterocycles. The van der Waals surface area contributed by atoms with Gasteiger partial charge in [-0.1, -0.05) is 43.1 Å². The summed E-state index contributed by atoms with van der Waals surface area (Å²) in [6.45, 7) is 6.48. The number of aliphatic hydroxyl groups is 1. The summed E-state index contributed by atoms with van der Waals surface area (Å²) in [6.07, 6.45) is 0. The minimum Gasteiger partial charge on any atom is -0.507 e. The zero-order valence-electron chi connectivity index (χ0n) is 17.2. The number of hydrogen-bond donors (Lipinski definition) is 1. The Kier molecular flexibility index (Phi) is 7.36. The summed E-state index contributed by atoms with van der Waals surface area (Å²) < 4.78 is 13.3. The molecule has 1 fully saturated rings. The van der Waals surface area contributed by atoms with E-state index in [-0.39, 0.29) is 28.5 Å². The van der Waals surface area contributed by atoms with Gasteiger partial charge in [-0.2, -0.15) is 0 Å². The molecular formula is C23H23Cl2FN2O3. The number of amides is 1. The molecule has 0 aromatic heterocycles. The molecule has 0 unspecified atom stereocenters. The molecule has 2 aromatic rings. The number of carbonyl (C=O) groups is 2. The lowest BCUT2D eigenvalue weighted by atomic mass is 9.95. The van der Waals surface area contributed by atoms with E-state index < -0.39 is 23.5 Å². The van der Waals surface area contributed by atoms with Crippen molar-refractivity contribution in [3.63, 3.8) is 0 Å². The van der Waals surface area contributed by atoms with Gasteiger partial charge in [0.2, 0.25) is 0 Å². The molecule has 1 amide bonds. The van der Waals surface area contributed by atoms with Crippen LogP contribution in [0, 0.1) is 5.82 Å². The second kappa shape index (κ2) is 9.81. The van der Waals surface area contributed by atoms with Crippen LogP contribution in [0.3, 0.4) is 0 Å². The van der Waals surface area contributed by atoms with E-state index in [0.717, 1.165) is 13.1 Å². The van der Waals surface area contributed by atoms with Gasteiger partial charge in [-0.25, -0.2) is 4.39 Å². The van der Waals surface area contributed by atoms with Crippen molar-refractivity contribution in [2.24, 2.45) is 0 Å². The molecule has 0 saturated carbocycles. The van der Waals surface area contributed by atoms with Gasteiger partial charge in [0.15, 0.2) is 0 Å². The van der Waals surface area contributed by atoms with Crippen molar-refractivity contribution in [2.45, 2.75) is 19.9 Å². The molecule has 1 saturated heterocycles. The quantitative estimate of drug-likeness (QED) is 0.359. The summed E-state index contributed by atoms with van der Waals surface area (Å²) in [5.74, 6) is -2.33. The van der Waals surface area contributed by atoms with E-state index >= 15 is 0 Å². The van der Waals surface area contributed by atoms with Crippen molar-refractivity contribution in [3.8, 4) is 0 Å². The number of rotatable bonds is 7. The number of nitrogens with zero attached hydrogens (tertiary/aromatic N) is 2. The van der Waals surface area contributed by atoms with Gasteiger partial charge in [-0.15, -0.1) is 0 Å². The van der Waals surface area contributed by atoms with Crippen LogP contribution in [0.4, 0.5) is 4.39 Å². The van der Waals surface area contributed by atoms with Crippen LogP contribution in [0.25, 0.3) is 5.76 Å². The molecule has 5 nitrogen and oxygen atoms in total. The van der Waals surface area contributed by atoms with Crippen LogP contribution in [0.5, 0.6) is 0 Å². The van der Waals surface area contributed by atoms with Gasteiger partial charge in [0.1, 0.15) is 11.6 Å². The SMILES string of the molecule is CCN(CC)CCN1C(=O)C(=O)C(=C(O)c2ccc(F)cc2)[C@H]1c1ccc(Cl)c(Cl)c1. The van der Waals surface area contributed by atoms with Gasteiger partial charge >= 0.3 is 0 Å². The maximum absolute atomic E-state index is 13.3. The summed E-state index contributed by atoms with van der Waals surface area (Å²) in [4.78, 5) is 29.5. The standard InChI is InChI=1S/C23H23Cl2FN2O3/c1-3-27(4-2)11-12-28-20(15-7-10-17(24)18(25)13-15)19(22(30)23(28)31)21(29)14-5-8-16(26)9-6-14/h5-10,13,20,29H,3-4,11-12H2,1-2H3/t20-/m1/s1. The molecule has 1 aliphatic rings. The Morgan fingerprint density at radius 1 is 1.06 bits per heavy atom. The third-order valence-corrected chi connectivity index (χ3v) is 6.21. The third kappa shape index (κ3) is 4.76. The summed E-state index contributed by atoms with van der Waals surface area (Å²) in [7, 11) is 0. The van der Waals surface area contributed by atoms with Crippen molar-refractivity contribution in [1.29, 1.82) is 0 Å². The highest BCUT2D eigenvalue weighted by molar-refractivity contribution is 6.46. The largest absolute Gasteiger partial charge is 0.507 e. The summed E-state index contributed by atoms with van der Waals surface area (Å²) >= 11 is 12.2. The monoisotopic (exact) mass is 464 g/mol. The van der Waals surface area contributed by atoms with E-state index in [1.54, 1.807) is 18.2 Å². The predicted octanol–water partition coefficient (Wildman–Crippen LogP) is 4.90. The van der Waals surface area contributed by atoms with Crippen LogP contribution in [0.1, 0.15) is 31.0 Å². The first-order chi connectivity index (χ1) is 14.8. The molecule has 31 heavy (non-hydrogen) atoms. The Morgan fingerprint density at radius 3 is 2.29 bits per heavy atom. The topological polar surface area (TPSA) is 60.9 Å². The Morgan fingerprint density at radius 2 is 1.71 bits per heavy atom. The van der Waals surface area contributed by atoms with Crippen LogP contribution in [-0.2, 0) is 9.59 Å². The van der Waals surface area contributed by atoms with Gasteiger partial charge < -0.3 is 14.9 Å². The van der Waals surface area contributed by atoms with Crippen molar-refractivity contribution >= 4 is 40.7 Å². The van der Waals surface area contributed by atoms with E-state index in [9.17, 15) is 19.1 Å². The molecule has 164 valence electrons. The van der Waals surface area contributed by atoms with E-state index in [0.29, 0.717) is 17.1 Å². The molecule has 3 rings (SSSR count). The zero-order valence-corrected chi connectivity index (χ0v) is 18.8. The van der Waals surface area contributed by atoms with Crippen molar-refractivity contribution < 1.29 is 19.1 Å². The van der Waals surface area contributed by atoms with Gasteiger partial charge in [-0.3, -0.25) is 9.59 Å². The van der Waals surface area contributed by atoms with Crippen molar-refractivity contribution in [1.82, 2.24) is 9.80 Å². The molecular weight excluding hydrogens is 442 g/mol. The zero-order chi connectivity index (χ0) is 22.7. The van der Waals surface area contributed by atoms with Crippen LogP contribution >= 0.6 is 23.2 Å². The Hall–Kier alpha value is -2.41. The lowest BCUT2D eigenvalue weighted by Gasteiger charge is -2.28. The van der Waals surface area contributed by atoms with Crippen LogP contribution in [-0.4, -0.2) is 52.8 Å². The average Bonchev–Trinajstić information content (AvgIpc) is 3.01. The van der Waals surface area contributed by atoms with Gasteiger partial charge in [0.25, 0.3) is 11.7 Å². The molecule has 0 spiro atoms. The van der Waals surface area contributed by atoms with Crippen molar-refractivity contribution in [3.05, 3.63) is 75.0 Å². The number of hydrogen-bond acceptors (Lipinski definition) is 4. The molecule has 1 atom stereocenters. The lowest BCUT2D eigenvalue weighted by Crippen LogP contribution is -2.38. The Balaban J connectivity index is 2.12. The normalized spacial score (nSPS) is 18.3. The third-order valence-electron chi connectivity index (χ3n) is 5.47. The first-order valence-corrected chi connectivity index (χ1v) is 10.8. The summed E-state index contributed by atoms with van der Waals surface area (Å²) in [6, 6.07) is 9.09. The van der Waals surface area contributed by atoms with E-state index in [1.807, 2.05) is 13.8 Å². The fraction of sp³-hybridized carbons (Fsp3) is 0.304. The predicted molar refractivity (Wildman–Crippen MR) is 120 cm³/mol.